The van der Waals surface area contributed by atoms with Gasteiger partial charge in [0.2, 0.25) is 11.8 Å². The minimum Gasteiger partial charge on any atom is -0.326 e. The first-order valence-corrected chi connectivity index (χ1v) is 9.12. The number of hydrogen-bond acceptors (Lipinski definition) is 3. The van der Waals surface area contributed by atoms with Crippen LogP contribution < -0.4 is 10.6 Å². The summed E-state index contributed by atoms with van der Waals surface area (Å²) in [5, 5.41) is 5.81. The summed E-state index contributed by atoms with van der Waals surface area (Å²) in [6, 6.07) is 14.0. The van der Waals surface area contributed by atoms with Gasteiger partial charge in [-0.15, -0.1) is 11.8 Å². The van der Waals surface area contributed by atoms with Crippen molar-refractivity contribution in [3.63, 3.8) is 0 Å². The molecule has 4 rings (SSSR count). The SMILES string of the molecule is O=C(C[C@@H]1CCc2ccccc21)Nc1ccc2c(c1)NC(=O)CS2. The van der Waals surface area contributed by atoms with Crippen LogP contribution in [0.3, 0.4) is 0 Å². The predicted molar refractivity (Wildman–Crippen MR) is 96.5 cm³/mol. The molecule has 0 radical (unpaired) electrons. The Balaban J connectivity index is 1.44. The van der Waals surface area contributed by atoms with E-state index < -0.39 is 0 Å². The molecular formula is C19H18N2O2S. The first-order valence-electron chi connectivity index (χ1n) is 8.13. The van der Waals surface area contributed by atoms with Gasteiger partial charge < -0.3 is 10.6 Å². The summed E-state index contributed by atoms with van der Waals surface area (Å²) in [5.74, 6) is 0.763. The highest BCUT2D eigenvalue weighted by atomic mass is 32.2. The van der Waals surface area contributed by atoms with Crippen molar-refractivity contribution < 1.29 is 9.59 Å². The molecule has 2 amide bonds. The summed E-state index contributed by atoms with van der Waals surface area (Å²) in [4.78, 5) is 24.9. The van der Waals surface area contributed by atoms with Crippen molar-refractivity contribution in [2.45, 2.75) is 30.1 Å². The number of fused-ring (bicyclic) bond motifs is 2. The Morgan fingerprint density at radius 2 is 2.12 bits per heavy atom. The molecule has 4 nitrogen and oxygen atoms in total. The van der Waals surface area contributed by atoms with E-state index in [0.29, 0.717) is 18.1 Å². The Morgan fingerprint density at radius 1 is 1.25 bits per heavy atom. The van der Waals surface area contributed by atoms with E-state index >= 15 is 0 Å². The van der Waals surface area contributed by atoms with E-state index in [1.54, 1.807) is 0 Å². The van der Waals surface area contributed by atoms with E-state index in [-0.39, 0.29) is 11.8 Å². The number of nitrogens with one attached hydrogen (secondary N) is 2. The van der Waals surface area contributed by atoms with Crippen molar-refractivity contribution in [1.29, 1.82) is 0 Å². The highest BCUT2D eigenvalue weighted by molar-refractivity contribution is 8.00. The van der Waals surface area contributed by atoms with E-state index in [0.717, 1.165) is 29.1 Å². The lowest BCUT2D eigenvalue weighted by atomic mass is 9.97. The maximum atomic E-state index is 12.4. The number of anilines is 2. The second-order valence-corrected chi connectivity index (χ2v) is 7.25. The summed E-state index contributed by atoms with van der Waals surface area (Å²) in [6.45, 7) is 0. The molecule has 0 saturated heterocycles. The third-order valence-electron chi connectivity index (χ3n) is 4.59. The molecular weight excluding hydrogens is 320 g/mol. The van der Waals surface area contributed by atoms with Crippen LogP contribution in [0.25, 0.3) is 0 Å². The smallest absolute Gasteiger partial charge is 0.234 e. The fraction of sp³-hybridized carbons (Fsp3) is 0.263. The lowest BCUT2D eigenvalue weighted by Crippen LogP contribution is -2.19. The molecule has 2 aromatic carbocycles. The fourth-order valence-electron chi connectivity index (χ4n) is 3.45. The average Bonchev–Trinajstić information content (AvgIpc) is 2.97. The van der Waals surface area contributed by atoms with Crippen LogP contribution in [-0.4, -0.2) is 17.6 Å². The normalized spacial score (nSPS) is 18.5. The Kier molecular flexibility index (Phi) is 4.02. The molecule has 122 valence electrons. The maximum absolute atomic E-state index is 12.4. The predicted octanol–water partition coefficient (Wildman–Crippen LogP) is 3.79. The molecule has 24 heavy (non-hydrogen) atoms. The summed E-state index contributed by atoms with van der Waals surface area (Å²) in [5.41, 5.74) is 4.18. The third-order valence-corrected chi connectivity index (χ3v) is 5.66. The number of aryl methyl sites for hydroxylation is 1. The van der Waals surface area contributed by atoms with E-state index in [2.05, 4.69) is 28.8 Å². The first-order chi connectivity index (χ1) is 11.7. The van der Waals surface area contributed by atoms with Gasteiger partial charge >= 0.3 is 0 Å². The van der Waals surface area contributed by atoms with Crippen LogP contribution >= 0.6 is 11.8 Å². The first kappa shape index (κ1) is 15.3. The Morgan fingerprint density at radius 3 is 3.04 bits per heavy atom. The van der Waals surface area contributed by atoms with Crippen molar-refractivity contribution in [2.24, 2.45) is 0 Å². The molecule has 2 aliphatic rings. The maximum Gasteiger partial charge on any atom is 0.234 e. The molecule has 2 N–H and O–H groups in total. The second-order valence-electron chi connectivity index (χ2n) is 6.23. The molecule has 0 bridgehead atoms. The van der Waals surface area contributed by atoms with E-state index in [4.69, 9.17) is 0 Å². The van der Waals surface area contributed by atoms with Crippen LogP contribution in [0.5, 0.6) is 0 Å². The van der Waals surface area contributed by atoms with Crippen molar-refractivity contribution in [3.05, 3.63) is 53.6 Å². The molecule has 1 heterocycles. The van der Waals surface area contributed by atoms with Gasteiger partial charge in [-0.05, 0) is 48.1 Å². The van der Waals surface area contributed by atoms with Crippen LogP contribution in [0, 0.1) is 0 Å². The molecule has 1 aliphatic carbocycles. The second kappa shape index (κ2) is 6.32. The van der Waals surface area contributed by atoms with E-state index in [1.165, 1.54) is 22.9 Å². The number of amides is 2. The van der Waals surface area contributed by atoms with Crippen LogP contribution in [0.1, 0.15) is 29.9 Å². The molecule has 1 aliphatic heterocycles. The van der Waals surface area contributed by atoms with Crippen LogP contribution in [0.2, 0.25) is 0 Å². The van der Waals surface area contributed by atoms with Gasteiger partial charge in [0.15, 0.2) is 0 Å². The molecule has 0 spiro atoms. The Labute approximate surface area is 145 Å². The zero-order valence-electron chi connectivity index (χ0n) is 13.2. The molecule has 2 aromatic rings. The largest absolute Gasteiger partial charge is 0.326 e. The standard InChI is InChI=1S/C19H18N2O2S/c22-18(9-13-6-5-12-3-1-2-4-15(12)13)20-14-7-8-17-16(10-14)21-19(23)11-24-17/h1-4,7-8,10,13H,5-6,9,11H2,(H,20,22)(H,21,23)/t13-/m0/s1. The van der Waals surface area contributed by atoms with Gasteiger partial charge in [0.25, 0.3) is 0 Å². The van der Waals surface area contributed by atoms with Crippen molar-refractivity contribution in [3.8, 4) is 0 Å². The number of carbonyl (C=O) groups is 2. The van der Waals surface area contributed by atoms with Crippen molar-refractivity contribution in [1.82, 2.24) is 0 Å². The van der Waals surface area contributed by atoms with Gasteiger partial charge in [0, 0.05) is 17.0 Å². The number of benzene rings is 2. The van der Waals surface area contributed by atoms with Gasteiger partial charge in [-0.1, -0.05) is 24.3 Å². The lowest BCUT2D eigenvalue weighted by Gasteiger charge is -2.17. The summed E-state index contributed by atoms with van der Waals surface area (Å²) >= 11 is 1.52. The van der Waals surface area contributed by atoms with Gasteiger partial charge in [-0.3, -0.25) is 9.59 Å². The Hall–Kier alpha value is -2.27. The molecule has 5 heteroatoms. The van der Waals surface area contributed by atoms with Gasteiger partial charge in [-0.25, -0.2) is 0 Å². The monoisotopic (exact) mass is 338 g/mol. The fourth-order valence-corrected chi connectivity index (χ4v) is 4.24. The number of hydrogen-bond donors (Lipinski definition) is 2. The number of carbonyl (C=O) groups excluding carboxylic acids is 2. The van der Waals surface area contributed by atoms with E-state index in [1.807, 2.05) is 24.3 Å². The molecule has 0 saturated carbocycles. The summed E-state index contributed by atoms with van der Waals surface area (Å²) < 4.78 is 0. The average molecular weight is 338 g/mol. The summed E-state index contributed by atoms with van der Waals surface area (Å²) in [7, 11) is 0. The van der Waals surface area contributed by atoms with E-state index in [9.17, 15) is 9.59 Å². The lowest BCUT2D eigenvalue weighted by molar-refractivity contribution is -0.116. The quantitative estimate of drug-likeness (QED) is 0.895. The summed E-state index contributed by atoms with van der Waals surface area (Å²) in [6.07, 6.45) is 2.58. The van der Waals surface area contributed by atoms with Crippen molar-refractivity contribution in [2.75, 3.05) is 16.4 Å². The Bertz CT molecular complexity index is 819. The number of rotatable bonds is 3. The van der Waals surface area contributed by atoms with Crippen molar-refractivity contribution >= 4 is 35.0 Å². The van der Waals surface area contributed by atoms with Gasteiger partial charge in [-0.2, -0.15) is 0 Å². The molecule has 1 atom stereocenters. The zero-order valence-corrected chi connectivity index (χ0v) is 14.0. The third kappa shape index (κ3) is 3.04. The molecule has 0 aromatic heterocycles. The zero-order chi connectivity index (χ0) is 16.5. The highest BCUT2D eigenvalue weighted by Gasteiger charge is 2.24. The van der Waals surface area contributed by atoms with Crippen LogP contribution in [-0.2, 0) is 16.0 Å². The highest BCUT2D eigenvalue weighted by Crippen LogP contribution is 2.36. The number of thioether (sulfide) groups is 1. The van der Waals surface area contributed by atoms with Crippen LogP contribution in [0.4, 0.5) is 11.4 Å². The van der Waals surface area contributed by atoms with Crippen LogP contribution in [0.15, 0.2) is 47.4 Å². The van der Waals surface area contributed by atoms with Gasteiger partial charge in [0.1, 0.15) is 0 Å². The topological polar surface area (TPSA) is 58.2 Å². The van der Waals surface area contributed by atoms with Gasteiger partial charge in [0.05, 0.1) is 11.4 Å². The molecule has 0 unspecified atom stereocenters. The minimum atomic E-state index is -0.00135. The molecule has 0 fully saturated rings. The minimum absolute atomic E-state index is 0.00135.